The maximum Gasteiger partial charge on any atom is 0.388 e. The molecule has 0 unspecified atom stereocenters. The highest BCUT2D eigenvalue weighted by Crippen LogP contribution is 2.27. The summed E-state index contributed by atoms with van der Waals surface area (Å²) in [5.41, 5.74) is -0.177. The number of halogens is 3. The van der Waals surface area contributed by atoms with Gasteiger partial charge < -0.3 is 4.43 Å². The molecule has 0 aliphatic rings. The van der Waals surface area contributed by atoms with Gasteiger partial charge in [0, 0.05) is 6.42 Å². The molecule has 18 heavy (non-hydrogen) atoms. The number of alkyl halides is 3. The minimum atomic E-state index is -4.03. The van der Waals surface area contributed by atoms with Gasteiger partial charge in [-0.1, -0.05) is 39.5 Å². The number of hydrogen-bond acceptors (Lipinski definition) is 1. The molecule has 0 aliphatic heterocycles. The van der Waals surface area contributed by atoms with Gasteiger partial charge in [-0.2, -0.15) is 13.2 Å². The van der Waals surface area contributed by atoms with Crippen LogP contribution in [0.1, 0.15) is 65.7 Å². The van der Waals surface area contributed by atoms with Crippen molar-refractivity contribution in [3.63, 3.8) is 0 Å². The summed E-state index contributed by atoms with van der Waals surface area (Å²) in [4.78, 5) is 0. The standard InChI is InChI=1S/C13H27F3OSi/c1-4-6-8-12(3,9-7-5-2)17-18-11-10-13(14,15)16/h4-11,18H2,1-3H3. The molecular formula is C13H27F3OSi. The van der Waals surface area contributed by atoms with E-state index in [1.807, 2.05) is 0 Å². The number of rotatable bonds is 10. The minimum absolute atomic E-state index is 0.177. The van der Waals surface area contributed by atoms with Gasteiger partial charge in [0.15, 0.2) is 9.76 Å². The second kappa shape index (κ2) is 8.96. The summed E-state index contributed by atoms with van der Waals surface area (Å²) in [6.07, 6.45) is 1.63. The van der Waals surface area contributed by atoms with Gasteiger partial charge in [-0.05, 0) is 25.8 Å². The predicted molar refractivity (Wildman–Crippen MR) is 72.6 cm³/mol. The van der Waals surface area contributed by atoms with Gasteiger partial charge in [0.2, 0.25) is 0 Å². The van der Waals surface area contributed by atoms with Gasteiger partial charge >= 0.3 is 6.18 Å². The highest BCUT2D eigenvalue weighted by atomic mass is 28.2. The van der Waals surface area contributed by atoms with Crippen molar-refractivity contribution in [2.24, 2.45) is 0 Å². The molecule has 0 saturated carbocycles. The molecule has 0 bridgehead atoms. The zero-order chi connectivity index (χ0) is 14.1. The van der Waals surface area contributed by atoms with E-state index in [1.54, 1.807) is 0 Å². The molecule has 5 heteroatoms. The maximum absolute atomic E-state index is 12.0. The van der Waals surface area contributed by atoms with Crippen LogP contribution in [0.4, 0.5) is 13.2 Å². The summed E-state index contributed by atoms with van der Waals surface area (Å²) in [7, 11) is -1.05. The quantitative estimate of drug-likeness (QED) is 0.421. The fourth-order valence-corrected chi connectivity index (χ4v) is 3.43. The summed E-state index contributed by atoms with van der Waals surface area (Å²) >= 11 is 0. The number of hydrogen-bond donors (Lipinski definition) is 0. The lowest BCUT2D eigenvalue weighted by atomic mass is 9.93. The predicted octanol–water partition coefficient (Wildman–Crippen LogP) is 4.60. The smallest absolute Gasteiger partial charge is 0.388 e. The Bertz CT molecular complexity index is 199. The van der Waals surface area contributed by atoms with Crippen LogP contribution in [-0.4, -0.2) is 21.5 Å². The van der Waals surface area contributed by atoms with Crippen molar-refractivity contribution < 1.29 is 17.6 Å². The van der Waals surface area contributed by atoms with Crippen molar-refractivity contribution in [2.45, 2.75) is 83.5 Å². The summed E-state index contributed by atoms with van der Waals surface area (Å²) in [6, 6.07) is 0.206. The van der Waals surface area contributed by atoms with Gasteiger partial charge in [0.25, 0.3) is 0 Å². The molecule has 0 aromatic carbocycles. The van der Waals surface area contributed by atoms with Gasteiger partial charge in [-0.3, -0.25) is 0 Å². The lowest BCUT2D eigenvalue weighted by Crippen LogP contribution is -2.30. The van der Waals surface area contributed by atoms with Gasteiger partial charge in [0.05, 0.1) is 5.60 Å². The van der Waals surface area contributed by atoms with Crippen LogP contribution in [0, 0.1) is 0 Å². The second-order valence-electron chi connectivity index (χ2n) is 5.22. The molecule has 0 N–H and O–H groups in total. The normalized spacial score (nSPS) is 13.7. The molecule has 0 fully saturated rings. The fourth-order valence-electron chi connectivity index (χ4n) is 1.96. The lowest BCUT2D eigenvalue weighted by molar-refractivity contribution is -0.131. The Morgan fingerprint density at radius 2 is 1.44 bits per heavy atom. The van der Waals surface area contributed by atoms with Crippen molar-refractivity contribution >= 4 is 9.76 Å². The highest BCUT2D eigenvalue weighted by molar-refractivity contribution is 6.27. The van der Waals surface area contributed by atoms with E-state index in [0.717, 1.165) is 38.5 Å². The molecule has 0 saturated heterocycles. The molecular weight excluding hydrogens is 257 g/mol. The Kier molecular flexibility index (Phi) is 8.95. The van der Waals surface area contributed by atoms with E-state index in [1.165, 1.54) is 0 Å². The first-order valence-electron chi connectivity index (χ1n) is 7.03. The Morgan fingerprint density at radius 3 is 1.83 bits per heavy atom. The monoisotopic (exact) mass is 284 g/mol. The SMILES string of the molecule is CCCCC(C)(CCCC)O[SiH2]CCC(F)(F)F. The average Bonchev–Trinajstić information content (AvgIpc) is 2.29. The molecule has 0 aliphatic carbocycles. The summed E-state index contributed by atoms with van der Waals surface area (Å²) < 4.78 is 42.0. The van der Waals surface area contributed by atoms with E-state index < -0.39 is 22.4 Å². The van der Waals surface area contributed by atoms with E-state index in [2.05, 4.69) is 20.8 Å². The average molecular weight is 284 g/mol. The van der Waals surface area contributed by atoms with Crippen LogP contribution in [0.5, 0.6) is 0 Å². The molecule has 0 atom stereocenters. The van der Waals surface area contributed by atoms with Crippen molar-refractivity contribution in [1.29, 1.82) is 0 Å². The van der Waals surface area contributed by atoms with E-state index in [-0.39, 0.29) is 11.6 Å². The number of unbranched alkanes of at least 4 members (excludes halogenated alkanes) is 2. The van der Waals surface area contributed by atoms with Crippen LogP contribution in [0.25, 0.3) is 0 Å². The third-order valence-corrected chi connectivity index (χ3v) is 4.72. The van der Waals surface area contributed by atoms with Crippen LogP contribution >= 0.6 is 0 Å². The molecule has 0 aromatic rings. The first-order chi connectivity index (χ1) is 8.33. The second-order valence-corrected chi connectivity index (χ2v) is 6.63. The van der Waals surface area contributed by atoms with Gasteiger partial charge in [-0.15, -0.1) is 0 Å². The molecule has 110 valence electrons. The summed E-state index contributed by atoms with van der Waals surface area (Å²) in [6.45, 7) is 6.32. The van der Waals surface area contributed by atoms with E-state index in [4.69, 9.17) is 4.43 Å². The fraction of sp³-hybridized carbons (Fsp3) is 1.00. The van der Waals surface area contributed by atoms with Crippen molar-refractivity contribution in [3.05, 3.63) is 0 Å². The lowest BCUT2D eigenvalue weighted by Gasteiger charge is -2.31. The maximum atomic E-state index is 12.0. The van der Waals surface area contributed by atoms with Gasteiger partial charge in [-0.25, -0.2) is 0 Å². The summed E-state index contributed by atoms with van der Waals surface area (Å²) in [5.74, 6) is 0. The van der Waals surface area contributed by atoms with Crippen molar-refractivity contribution in [1.82, 2.24) is 0 Å². The third kappa shape index (κ3) is 9.94. The van der Waals surface area contributed by atoms with Crippen LogP contribution < -0.4 is 0 Å². The first-order valence-corrected chi connectivity index (χ1v) is 8.61. The van der Waals surface area contributed by atoms with E-state index >= 15 is 0 Å². The Labute approximate surface area is 111 Å². The van der Waals surface area contributed by atoms with Crippen molar-refractivity contribution in [2.75, 3.05) is 0 Å². The van der Waals surface area contributed by atoms with Crippen LogP contribution in [-0.2, 0) is 4.43 Å². The molecule has 0 spiro atoms. The zero-order valence-corrected chi connectivity index (χ0v) is 13.3. The third-order valence-electron chi connectivity index (χ3n) is 3.17. The topological polar surface area (TPSA) is 9.23 Å². The van der Waals surface area contributed by atoms with E-state index in [0.29, 0.717) is 0 Å². The van der Waals surface area contributed by atoms with Crippen LogP contribution in [0.2, 0.25) is 6.04 Å². The Hall–Kier alpha value is -0.0331. The highest BCUT2D eigenvalue weighted by Gasteiger charge is 2.28. The van der Waals surface area contributed by atoms with Crippen LogP contribution in [0.15, 0.2) is 0 Å². The minimum Gasteiger partial charge on any atom is -0.419 e. The zero-order valence-electron chi connectivity index (χ0n) is 11.9. The Balaban J connectivity index is 3.99. The molecule has 0 heterocycles. The van der Waals surface area contributed by atoms with Gasteiger partial charge in [0.1, 0.15) is 0 Å². The largest absolute Gasteiger partial charge is 0.419 e. The summed E-state index contributed by atoms with van der Waals surface area (Å²) in [5, 5.41) is 0. The van der Waals surface area contributed by atoms with Crippen LogP contribution in [0.3, 0.4) is 0 Å². The molecule has 0 amide bonds. The molecule has 0 rings (SSSR count). The van der Waals surface area contributed by atoms with Crippen molar-refractivity contribution in [3.8, 4) is 0 Å². The molecule has 0 aromatic heterocycles. The first kappa shape index (κ1) is 18.0. The van der Waals surface area contributed by atoms with E-state index in [9.17, 15) is 13.2 Å². The molecule has 1 nitrogen and oxygen atoms in total. The molecule has 0 radical (unpaired) electrons. The Morgan fingerprint density at radius 1 is 0.944 bits per heavy atom.